The monoisotopic (exact) mass is 363 g/mol. The van der Waals surface area contributed by atoms with Crippen LogP contribution in [-0.4, -0.2) is 23.0 Å². The number of non-ortho nitro benzene ring substituents is 1. The quantitative estimate of drug-likeness (QED) is 0.226. The highest BCUT2D eigenvalue weighted by atomic mass is 16.6. The molecule has 0 amide bonds. The molecule has 0 bridgehead atoms. The molecule has 2 rings (SSSR count). The van der Waals surface area contributed by atoms with Gasteiger partial charge in [0, 0.05) is 18.6 Å². The van der Waals surface area contributed by atoms with Gasteiger partial charge in [-0.2, -0.15) is 0 Å². The summed E-state index contributed by atoms with van der Waals surface area (Å²) in [6.07, 6.45) is 5.80. The summed E-state index contributed by atoms with van der Waals surface area (Å²) >= 11 is 0. The lowest BCUT2D eigenvalue weighted by atomic mass is 9.87. The van der Waals surface area contributed by atoms with Crippen LogP contribution in [0, 0.1) is 16.0 Å². The molecule has 142 valence electrons. The van der Waals surface area contributed by atoms with Gasteiger partial charge in [0.05, 0.1) is 10.8 Å². The molecule has 0 heterocycles. The molecule has 7 heteroatoms. The molecule has 1 aliphatic carbocycles. The maximum Gasteiger partial charge on any atom is 0.314 e. The van der Waals surface area contributed by atoms with Crippen molar-refractivity contribution in [2.45, 2.75) is 64.4 Å². The molecule has 1 aromatic carbocycles. The van der Waals surface area contributed by atoms with Gasteiger partial charge in [0.1, 0.15) is 11.9 Å². The Labute approximate surface area is 152 Å². The number of nitrogens with zero attached hydrogens (tertiary/aromatic N) is 1. The summed E-state index contributed by atoms with van der Waals surface area (Å²) in [5.74, 6) is -0.438. The minimum absolute atomic E-state index is 0.0499. The van der Waals surface area contributed by atoms with E-state index in [0.717, 1.165) is 19.3 Å². The van der Waals surface area contributed by atoms with Gasteiger partial charge in [-0.3, -0.25) is 19.7 Å². The van der Waals surface area contributed by atoms with Crippen LogP contribution in [0.5, 0.6) is 5.75 Å². The summed E-state index contributed by atoms with van der Waals surface area (Å²) in [5, 5.41) is 10.6. The van der Waals surface area contributed by atoms with Crippen molar-refractivity contribution >= 4 is 17.6 Å². The largest absolute Gasteiger partial charge is 0.462 e. The second kappa shape index (κ2) is 9.89. The molecule has 0 atom stereocenters. The van der Waals surface area contributed by atoms with Crippen LogP contribution in [0.15, 0.2) is 24.3 Å². The van der Waals surface area contributed by atoms with Crippen LogP contribution in [-0.2, 0) is 14.3 Å². The summed E-state index contributed by atoms with van der Waals surface area (Å²) in [6, 6.07) is 5.44. The average Bonchev–Trinajstić information content (AvgIpc) is 2.63. The fourth-order valence-corrected chi connectivity index (χ4v) is 3.02. The van der Waals surface area contributed by atoms with Gasteiger partial charge >= 0.3 is 11.9 Å². The fourth-order valence-electron chi connectivity index (χ4n) is 3.02. The zero-order valence-corrected chi connectivity index (χ0v) is 15.0. The first-order chi connectivity index (χ1) is 12.5. The summed E-state index contributed by atoms with van der Waals surface area (Å²) in [5.41, 5.74) is -0.0499. The molecule has 0 N–H and O–H groups in total. The number of unbranched alkanes of at least 4 members (excludes halogenated alkanes) is 2. The number of esters is 2. The Balaban J connectivity index is 1.74. The maximum atomic E-state index is 12.2. The standard InChI is InChI=1S/C19H25NO6/c1-2-3-4-5-18(21)25-16-10-6-14(7-11-16)19(22)26-17-12-8-15(9-13-17)20(23)24/h8-9,12-14,16H,2-7,10-11H2,1H3/t14-,16-. The number of rotatable bonds is 8. The van der Waals surface area contributed by atoms with Crippen molar-refractivity contribution in [3.63, 3.8) is 0 Å². The van der Waals surface area contributed by atoms with Gasteiger partial charge in [-0.1, -0.05) is 19.8 Å². The molecular weight excluding hydrogens is 338 g/mol. The molecule has 1 fully saturated rings. The van der Waals surface area contributed by atoms with E-state index in [-0.39, 0.29) is 29.6 Å². The highest BCUT2D eigenvalue weighted by molar-refractivity contribution is 5.75. The Kier molecular flexibility index (Phi) is 7.56. The van der Waals surface area contributed by atoms with E-state index in [1.807, 2.05) is 0 Å². The molecule has 7 nitrogen and oxygen atoms in total. The van der Waals surface area contributed by atoms with Crippen molar-refractivity contribution in [3.05, 3.63) is 34.4 Å². The lowest BCUT2D eigenvalue weighted by molar-refractivity contribution is -0.384. The topological polar surface area (TPSA) is 95.7 Å². The summed E-state index contributed by atoms with van der Waals surface area (Å²) in [6.45, 7) is 2.09. The van der Waals surface area contributed by atoms with E-state index in [1.165, 1.54) is 24.3 Å². The van der Waals surface area contributed by atoms with Crippen LogP contribution in [0.1, 0.15) is 58.3 Å². The van der Waals surface area contributed by atoms with E-state index in [9.17, 15) is 19.7 Å². The molecule has 1 aliphatic rings. The van der Waals surface area contributed by atoms with Crippen molar-refractivity contribution in [2.24, 2.45) is 5.92 Å². The van der Waals surface area contributed by atoms with E-state index in [1.54, 1.807) is 0 Å². The second-order valence-corrected chi connectivity index (χ2v) is 6.59. The van der Waals surface area contributed by atoms with Gasteiger partial charge in [-0.25, -0.2) is 0 Å². The first-order valence-electron chi connectivity index (χ1n) is 9.15. The summed E-state index contributed by atoms with van der Waals surface area (Å²) in [7, 11) is 0. The van der Waals surface area contributed by atoms with Crippen LogP contribution in [0.4, 0.5) is 5.69 Å². The van der Waals surface area contributed by atoms with Crippen molar-refractivity contribution in [1.82, 2.24) is 0 Å². The Hall–Kier alpha value is -2.44. The lowest BCUT2D eigenvalue weighted by Gasteiger charge is -2.27. The molecular formula is C19H25NO6. The van der Waals surface area contributed by atoms with Gasteiger partial charge in [0.15, 0.2) is 0 Å². The number of nitro benzene ring substituents is 1. The molecule has 26 heavy (non-hydrogen) atoms. The number of nitro groups is 1. The van der Waals surface area contributed by atoms with E-state index in [2.05, 4.69) is 6.92 Å². The molecule has 0 aromatic heterocycles. The molecule has 0 saturated heterocycles. The third-order valence-electron chi connectivity index (χ3n) is 4.56. The highest BCUT2D eigenvalue weighted by Crippen LogP contribution is 2.28. The van der Waals surface area contributed by atoms with Crippen LogP contribution < -0.4 is 4.74 Å². The number of benzene rings is 1. The Morgan fingerprint density at radius 2 is 1.77 bits per heavy atom. The van der Waals surface area contributed by atoms with Gasteiger partial charge in [0.25, 0.3) is 5.69 Å². The molecule has 1 saturated carbocycles. The smallest absolute Gasteiger partial charge is 0.314 e. The summed E-state index contributed by atoms with van der Waals surface area (Å²) < 4.78 is 10.8. The number of hydrogen-bond donors (Lipinski definition) is 0. The lowest BCUT2D eigenvalue weighted by Crippen LogP contribution is -2.30. The van der Waals surface area contributed by atoms with Crippen molar-refractivity contribution in [2.75, 3.05) is 0 Å². The van der Waals surface area contributed by atoms with Gasteiger partial charge in [0.2, 0.25) is 0 Å². The summed E-state index contributed by atoms with van der Waals surface area (Å²) in [4.78, 5) is 34.1. The normalized spacial score (nSPS) is 19.6. The molecule has 1 aromatic rings. The molecule has 0 aliphatic heterocycles. The Morgan fingerprint density at radius 3 is 2.35 bits per heavy atom. The molecule has 0 unspecified atom stereocenters. The number of carbonyl (C=O) groups is 2. The second-order valence-electron chi connectivity index (χ2n) is 6.59. The van der Waals surface area contributed by atoms with Crippen LogP contribution in [0.2, 0.25) is 0 Å². The van der Waals surface area contributed by atoms with Gasteiger partial charge in [-0.15, -0.1) is 0 Å². The zero-order valence-electron chi connectivity index (χ0n) is 15.0. The SMILES string of the molecule is CCCCCC(=O)O[C@H]1CC[C@H](C(=O)Oc2ccc([N+](=O)[O-])cc2)CC1. The number of ether oxygens (including phenoxy) is 2. The van der Waals surface area contributed by atoms with Gasteiger partial charge in [-0.05, 0) is 44.2 Å². The third-order valence-corrected chi connectivity index (χ3v) is 4.56. The first kappa shape index (κ1) is 19.9. The predicted molar refractivity (Wildman–Crippen MR) is 94.7 cm³/mol. The molecule has 0 radical (unpaired) electrons. The van der Waals surface area contributed by atoms with Crippen molar-refractivity contribution < 1.29 is 24.0 Å². The maximum absolute atomic E-state index is 12.2. The number of carbonyl (C=O) groups excluding carboxylic acids is 2. The minimum Gasteiger partial charge on any atom is -0.462 e. The zero-order chi connectivity index (χ0) is 18.9. The third kappa shape index (κ3) is 6.13. The predicted octanol–water partition coefficient (Wildman–Crippen LogP) is 4.18. The average molecular weight is 363 g/mol. The first-order valence-corrected chi connectivity index (χ1v) is 9.15. The van der Waals surface area contributed by atoms with Crippen LogP contribution >= 0.6 is 0 Å². The van der Waals surface area contributed by atoms with Crippen molar-refractivity contribution in [1.29, 1.82) is 0 Å². The fraction of sp³-hybridized carbons (Fsp3) is 0.579. The van der Waals surface area contributed by atoms with E-state index in [0.29, 0.717) is 37.9 Å². The van der Waals surface area contributed by atoms with E-state index < -0.39 is 4.92 Å². The van der Waals surface area contributed by atoms with Gasteiger partial charge < -0.3 is 9.47 Å². The van der Waals surface area contributed by atoms with Crippen LogP contribution in [0.25, 0.3) is 0 Å². The molecule has 0 spiro atoms. The van der Waals surface area contributed by atoms with E-state index >= 15 is 0 Å². The van der Waals surface area contributed by atoms with Crippen molar-refractivity contribution in [3.8, 4) is 5.75 Å². The van der Waals surface area contributed by atoms with Crippen LogP contribution in [0.3, 0.4) is 0 Å². The number of hydrogen-bond acceptors (Lipinski definition) is 6. The minimum atomic E-state index is -0.504. The highest BCUT2D eigenvalue weighted by Gasteiger charge is 2.29. The Morgan fingerprint density at radius 1 is 1.12 bits per heavy atom. The van der Waals surface area contributed by atoms with E-state index in [4.69, 9.17) is 9.47 Å². The Bertz CT molecular complexity index is 619.